The first-order valence-corrected chi connectivity index (χ1v) is 13.4. The van der Waals surface area contributed by atoms with Gasteiger partial charge in [0.25, 0.3) is 0 Å². The summed E-state index contributed by atoms with van der Waals surface area (Å²) < 4.78 is 0. The minimum atomic E-state index is -0.934. The van der Waals surface area contributed by atoms with E-state index in [2.05, 4.69) is 29.3 Å². The van der Waals surface area contributed by atoms with Crippen molar-refractivity contribution in [2.75, 3.05) is 18.0 Å². The summed E-state index contributed by atoms with van der Waals surface area (Å²) in [6.45, 7) is 3.67. The fraction of sp³-hybridized carbons (Fsp3) is 0.344. The van der Waals surface area contributed by atoms with Gasteiger partial charge in [-0.15, -0.1) is 0 Å². The molecule has 0 saturated carbocycles. The molecule has 1 atom stereocenters. The van der Waals surface area contributed by atoms with Crippen molar-refractivity contribution < 1.29 is 19.5 Å². The van der Waals surface area contributed by atoms with Crippen LogP contribution in [0, 0.1) is 6.92 Å². The van der Waals surface area contributed by atoms with Crippen molar-refractivity contribution in [2.24, 2.45) is 0 Å². The van der Waals surface area contributed by atoms with Crippen LogP contribution in [0.25, 0.3) is 0 Å². The first-order chi connectivity index (χ1) is 18.4. The van der Waals surface area contributed by atoms with Crippen LogP contribution in [0.1, 0.15) is 58.3 Å². The average Bonchev–Trinajstić information content (AvgIpc) is 2.92. The fourth-order valence-electron chi connectivity index (χ4n) is 5.01. The monoisotopic (exact) mass is 512 g/mol. The van der Waals surface area contributed by atoms with Gasteiger partial charge >= 0.3 is 5.97 Å². The Hall–Kier alpha value is -3.93. The van der Waals surface area contributed by atoms with Crippen LogP contribution in [0.2, 0.25) is 0 Å². The van der Waals surface area contributed by atoms with Crippen LogP contribution in [0.15, 0.2) is 72.8 Å². The predicted molar refractivity (Wildman–Crippen MR) is 150 cm³/mol. The number of anilines is 1. The van der Waals surface area contributed by atoms with Crippen molar-refractivity contribution >= 4 is 23.3 Å². The van der Waals surface area contributed by atoms with Crippen molar-refractivity contribution in [2.45, 2.75) is 57.9 Å². The zero-order valence-corrected chi connectivity index (χ0v) is 22.0. The second-order valence-electron chi connectivity index (χ2n) is 10.2. The van der Waals surface area contributed by atoms with E-state index in [-0.39, 0.29) is 23.3 Å². The third kappa shape index (κ3) is 7.78. The van der Waals surface area contributed by atoms with Crippen molar-refractivity contribution in [3.63, 3.8) is 0 Å². The molecule has 1 aliphatic heterocycles. The van der Waals surface area contributed by atoms with Crippen molar-refractivity contribution in [1.29, 1.82) is 0 Å². The van der Waals surface area contributed by atoms with E-state index in [1.165, 1.54) is 11.1 Å². The number of Topliss-reactive ketones (excluding diaryl/α,β-unsaturated/α-hetero) is 1. The molecule has 3 aromatic rings. The molecule has 2 N–H and O–H groups in total. The number of benzene rings is 3. The van der Waals surface area contributed by atoms with Gasteiger partial charge in [0.05, 0.1) is 12.0 Å². The van der Waals surface area contributed by atoms with E-state index in [0.29, 0.717) is 32.2 Å². The molecule has 0 aliphatic carbocycles. The highest BCUT2D eigenvalue weighted by Gasteiger charge is 2.22. The lowest BCUT2D eigenvalue weighted by Crippen LogP contribution is -2.48. The number of amides is 1. The molecule has 1 heterocycles. The van der Waals surface area contributed by atoms with E-state index in [4.69, 9.17) is 5.11 Å². The van der Waals surface area contributed by atoms with Crippen LogP contribution in [0.4, 0.5) is 5.69 Å². The number of carboxylic acid groups (broad SMARTS) is 1. The quantitative estimate of drug-likeness (QED) is 0.371. The Bertz CT molecular complexity index is 1250. The lowest BCUT2D eigenvalue weighted by molar-refractivity contribution is -0.121. The summed E-state index contributed by atoms with van der Waals surface area (Å²) in [7, 11) is 0. The molecule has 1 unspecified atom stereocenters. The minimum absolute atomic E-state index is 0.00258. The van der Waals surface area contributed by atoms with Crippen molar-refractivity contribution in [3.8, 4) is 0 Å². The molecule has 0 aromatic heterocycles. The summed E-state index contributed by atoms with van der Waals surface area (Å²) >= 11 is 0. The Morgan fingerprint density at radius 3 is 2.29 bits per heavy atom. The summed E-state index contributed by atoms with van der Waals surface area (Å²) in [6.07, 6.45) is 4.80. The van der Waals surface area contributed by atoms with Crippen LogP contribution < -0.4 is 10.2 Å². The number of aryl methyl sites for hydroxylation is 3. The average molecular weight is 513 g/mol. The molecule has 1 aliphatic rings. The molecule has 0 bridgehead atoms. The first kappa shape index (κ1) is 27.1. The van der Waals surface area contributed by atoms with Gasteiger partial charge in [-0.25, -0.2) is 4.79 Å². The number of carbonyl (C=O) groups excluding carboxylic acids is 2. The third-order valence-electron chi connectivity index (χ3n) is 7.28. The summed E-state index contributed by atoms with van der Waals surface area (Å²) in [5.74, 6) is -0.663. The van der Waals surface area contributed by atoms with Crippen molar-refractivity contribution in [3.05, 3.63) is 101 Å². The molecule has 1 amide bonds. The molecular formula is C32H36N2O4. The van der Waals surface area contributed by atoms with Gasteiger partial charge < -0.3 is 15.3 Å². The number of hydrogen-bond donors (Lipinski definition) is 2. The molecule has 38 heavy (non-hydrogen) atoms. The number of carboxylic acids is 1. The zero-order valence-electron chi connectivity index (χ0n) is 22.0. The number of hydrogen-bond acceptors (Lipinski definition) is 4. The number of aromatic carboxylic acids is 1. The Morgan fingerprint density at radius 2 is 1.58 bits per heavy atom. The van der Waals surface area contributed by atoms with E-state index in [1.54, 1.807) is 12.1 Å². The number of ketones is 1. The second-order valence-corrected chi connectivity index (χ2v) is 10.2. The summed E-state index contributed by atoms with van der Waals surface area (Å²) in [5, 5.41) is 12.3. The van der Waals surface area contributed by atoms with E-state index < -0.39 is 5.97 Å². The van der Waals surface area contributed by atoms with Gasteiger partial charge in [-0.1, -0.05) is 48.5 Å². The maximum Gasteiger partial charge on any atom is 0.335 e. The largest absolute Gasteiger partial charge is 0.478 e. The first-order valence-electron chi connectivity index (χ1n) is 13.4. The summed E-state index contributed by atoms with van der Waals surface area (Å²) in [5.41, 5.74) is 5.76. The number of nitrogens with zero attached hydrogens (tertiary/aromatic N) is 1. The van der Waals surface area contributed by atoms with Gasteiger partial charge in [-0.05, 0) is 79.1 Å². The van der Waals surface area contributed by atoms with Crippen LogP contribution >= 0.6 is 0 Å². The van der Waals surface area contributed by atoms with Crippen LogP contribution in [-0.4, -0.2) is 41.9 Å². The van der Waals surface area contributed by atoms with E-state index in [0.717, 1.165) is 42.6 Å². The SMILES string of the molecule is Cc1ccccc1CCC(=O)CCc1ccc(CC(=O)NC2CCCN(c3ccc(C(=O)O)cc3)C2)cc1. The number of carbonyl (C=O) groups is 3. The second kappa shape index (κ2) is 13.0. The summed E-state index contributed by atoms with van der Waals surface area (Å²) in [6, 6.07) is 23.1. The highest BCUT2D eigenvalue weighted by atomic mass is 16.4. The maximum absolute atomic E-state index is 12.7. The zero-order chi connectivity index (χ0) is 26.9. The molecule has 1 fully saturated rings. The Kier molecular flexibility index (Phi) is 9.30. The van der Waals surface area contributed by atoms with Gasteiger partial charge in [0.2, 0.25) is 5.91 Å². The van der Waals surface area contributed by atoms with E-state index >= 15 is 0 Å². The molecule has 6 nitrogen and oxygen atoms in total. The maximum atomic E-state index is 12.7. The lowest BCUT2D eigenvalue weighted by Gasteiger charge is -2.34. The molecule has 198 valence electrons. The smallest absolute Gasteiger partial charge is 0.335 e. The van der Waals surface area contributed by atoms with Gasteiger partial charge in [-0.3, -0.25) is 9.59 Å². The molecule has 1 saturated heterocycles. The van der Waals surface area contributed by atoms with Gasteiger partial charge in [0.1, 0.15) is 5.78 Å². The van der Waals surface area contributed by atoms with Crippen LogP contribution in [-0.2, 0) is 28.9 Å². The highest BCUT2D eigenvalue weighted by Crippen LogP contribution is 2.21. The predicted octanol–water partition coefficient (Wildman–Crippen LogP) is 5.16. The molecule has 3 aromatic carbocycles. The summed E-state index contributed by atoms with van der Waals surface area (Å²) in [4.78, 5) is 38.4. The van der Waals surface area contributed by atoms with Gasteiger partial charge in [0.15, 0.2) is 0 Å². The normalized spacial score (nSPS) is 15.2. The number of rotatable bonds is 11. The van der Waals surface area contributed by atoms with Crippen LogP contribution in [0.3, 0.4) is 0 Å². The minimum Gasteiger partial charge on any atom is -0.478 e. The molecule has 4 rings (SSSR count). The van der Waals surface area contributed by atoms with E-state index in [9.17, 15) is 14.4 Å². The fourth-order valence-corrected chi connectivity index (χ4v) is 5.01. The standard InChI is InChI=1S/C32H36N2O4/c1-23-5-2-3-6-26(23)15-19-30(35)18-12-24-8-10-25(11-9-24)21-31(36)33-28-7-4-20-34(22-28)29-16-13-27(14-17-29)32(37)38/h2-3,5-6,8-11,13-14,16-17,28H,4,7,12,15,18-22H2,1H3,(H,33,36)(H,37,38). The molecular weight excluding hydrogens is 476 g/mol. The van der Waals surface area contributed by atoms with Crippen LogP contribution in [0.5, 0.6) is 0 Å². The third-order valence-corrected chi connectivity index (χ3v) is 7.28. The Morgan fingerprint density at radius 1 is 0.895 bits per heavy atom. The van der Waals surface area contributed by atoms with Crippen molar-refractivity contribution in [1.82, 2.24) is 5.32 Å². The molecule has 0 radical (unpaired) electrons. The Balaban J connectivity index is 1.20. The molecule has 6 heteroatoms. The van der Waals surface area contributed by atoms with E-state index in [1.807, 2.05) is 48.5 Å². The van der Waals surface area contributed by atoms with Gasteiger partial charge in [-0.2, -0.15) is 0 Å². The Labute approximate surface area is 224 Å². The number of piperidine rings is 1. The lowest BCUT2D eigenvalue weighted by atomic mass is 9.99. The number of nitrogens with one attached hydrogen (secondary N) is 1. The molecule has 0 spiro atoms. The topological polar surface area (TPSA) is 86.7 Å². The van der Waals surface area contributed by atoms with Gasteiger partial charge in [0, 0.05) is 37.7 Å². The highest BCUT2D eigenvalue weighted by molar-refractivity contribution is 5.88.